The average molecular weight is 426 g/mol. The van der Waals surface area contributed by atoms with Crippen molar-refractivity contribution in [2.24, 2.45) is 0 Å². The lowest BCUT2D eigenvalue weighted by atomic mass is 10.1. The number of rotatable bonds is 9. The summed E-state index contributed by atoms with van der Waals surface area (Å²) in [6, 6.07) is 13.5. The summed E-state index contributed by atoms with van der Waals surface area (Å²) in [5.74, 6) is 0.713. The van der Waals surface area contributed by atoms with Gasteiger partial charge in [0.2, 0.25) is 10.0 Å². The molecule has 0 radical (unpaired) electrons. The summed E-state index contributed by atoms with van der Waals surface area (Å²) < 4.78 is 33.2. The molecule has 2 rings (SSSR count). The van der Waals surface area contributed by atoms with E-state index in [1.165, 1.54) is 6.92 Å². The van der Waals surface area contributed by atoms with Gasteiger partial charge in [-0.25, -0.2) is 13.1 Å². The van der Waals surface area contributed by atoms with Crippen molar-refractivity contribution >= 4 is 31.7 Å². The third kappa shape index (κ3) is 6.26. The molecule has 5 nitrogen and oxygen atoms in total. The third-order valence-corrected chi connectivity index (χ3v) is 5.52. The first-order valence-corrected chi connectivity index (χ1v) is 10.1. The number of unbranched alkanes of at least 4 members (excludes halogenated alkanes) is 1. The molecule has 0 aromatic heterocycles. The van der Waals surface area contributed by atoms with Crippen LogP contribution in [0.3, 0.4) is 0 Å². The van der Waals surface area contributed by atoms with Gasteiger partial charge < -0.3 is 4.74 Å². The summed E-state index contributed by atoms with van der Waals surface area (Å²) in [6.45, 7) is 2.36. The topological polar surface area (TPSA) is 72.5 Å². The van der Waals surface area contributed by atoms with E-state index >= 15 is 0 Å². The Morgan fingerprint density at radius 2 is 1.68 bits per heavy atom. The highest BCUT2D eigenvalue weighted by molar-refractivity contribution is 9.10. The first kappa shape index (κ1) is 19.6. The van der Waals surface area contributed by atoms with Crippen LogP contribution in [0.15, 0.2) is 57.9 Å². The number of halogens is 1. The van der Waals surface area contributed by atoms with Gasteiger partial charge in [0.05, 0.1) is 11.5 Å². The van der Waals surface area contributed by atoms with Crippen molar-refractivity contribution in [3.8, 4) is 5.75 Å². The molecule has 2 aromatic carbocycles. The summed E-state index contributed by atoms with van der Waals surface area (Å²) in [4.78, 5) is 11.4. The van der Waals surface area contributed by atoms with Gasteiger partial charge in [-0.1, -0.05) is 15.9 Å². The zero-order valence-electron chi connectivity index (χ0n) is 13.9. The Morgan fingerprint density at radius 1 is 1.04 bits per heavy atom. The van der Waals surface area contributed by atoms with Crippen LogP contribution in [0.25, 0.3) is 0 Å². The smallest absolute Gasteiger partial charge is 0.240 e. The Hall–Kier alpha value is -1.70. The molecule has 2 aromatic rings. The van der Waals surface area contributed by atoms with Gasteiger partial charge in [-0.2, -0.15) is 0 Å². The van der Waals surface area contributed by atoms with Gasteiger partial charge in [0, 0.05) is 16.6 Å². The molecule has 0 atom stereocenters. The fraction of sp³-hybridized carbons (Fsp3) is 0.278. The molecule has 0 spiro atoms. The van der Waals surface area contributed by atoms with E-state index in [4.69, 9.17) is 4.74 Å². The van der Waals surface area contributed by atoms with Gasteiger partial charge in [0.15, 0.2) is 5.78 Å². The number of sulfonamides is 1. The van der Waals surface area contributed by atoms with Gasteiger partial charge in [-0.05, 0) is 68.3 Å². The summed E-state index contributed by atoms with van der Waals surface area (Å²) in [6.07, 6.45) is 1.39. The second-order valence-corrected chi connectivity index (χ2v) is 8.17. The zero-order valence-corrected chi connectivity index (χ0v) is 16.3. The zero-order chi connectivity index (χ0) is 18.3. The van der Waals surface area contributed by atoms with Crippen molar-refractivity contribution in [2.75, 3.05) is 13.2 Å². The van der Waals surface area contributed by atoms with Crippen molar-refractivity contribution in [3.63, 3.8) is 0 Å². The van der Waals surface area contributed by atoms with Crippen LogP contribution >= 0.6 is 15.9 Å². The maximum atomic E-state index is 12.1. The monoisotopic (exact) mass is 425 g/mol. The Bertz CT molecular complexity index is 802. The third-order valence-electron chi connectivity index (χ3n) is 3.52. The normalized spacial score (nSPS) is 11.3. The molecule has 0 bridgehead atoms. The van der Waals surface area contributed by atoms with E-state index < -0.39 is 10.0 Å². The molecule has 0 aliphatic heterocycles. The van der Waals surface area contributed by atoms with Crippen LogP contribution < -0.4 is 9.46 Å². The molecule has 0 saturated heterocycles. The van der Waals surface area contributed by atoms with Crippen LogP contribution in [0.1, 0.15) is 30.1 Å². The number of carbonyl (C=O) groups excluding carboxylic acids is 1. The summed E-state index contributed by atoms with van der Waals surface area (Å²) >= 11 is 3.28. The van der Waals surface area contributed by atoms with Crippen LogP contribution in [-0.2, 0) is 10.0 Å². The Balaban J connectivity index is 1.69. The molecule has 7 heteroatoms. The number of carbonyl (C=O) groups is 1. The molecule has 0 unspecified atom stereocenters. The second kappa shape index (κ2) is 9.12. The molecule has 134 valence electrons. The van der Waals surface area contributed by atoms with Crippen molar-refractivity contribution < 1.29 is 17.9 Å². The fourth-order valence-corrected chi connectivity index (χ4v) is 3.45. The van der Waals surface area contributed by atoms with E-state index in [0.29, 0.717) is 30.9 Å². The fourth-order valence-electron chi connectivity index (χ4n) is 2.11. The first-order valence-electron chi connectivity index (χ1n) is 7.87. The van der Waals surface area contributed by atoms with E-state index in [0.717, 1.165) is 10.9 Å². The molecule has 25 heavy (non-hydrogen) atoms. The van der Waals surface area contributed by atoms with Crippen LogP contribution in [0.4, 0.5) is 0 Å². The highest BCUT2D eigenvalue weighted by Crippen LogP contribution is 2.15. The van der Waals surface area contributed by atoms with E-state index in [9.17, 15) is 13.2 Å². The molecular weight excluding hydrogens is 406 g/mol. The van der Waals surface area contributed by atoms with Crippen molar-refractivity contribution in [1.29, 1.82) is 0 Å². The van der Waals surface area contributed by atoms with Gasteiger partial charge >= 0.3 is 0 Å². The lowest BCUT2D eigenvalue weighted by Crippen LogP contribution is -2.25. The first-order chi connectivity index (χ1) is 11.9. The molecule has 1 N–H and O–H groups in total. The molecule has 0 amide bonds. The van der Waals surface area contributed by atoms with Crippen molar-refractivity contribution in [2.45, 2.75) is 24.7 Å². The van der Waals surface area contributed by atoms with Gasteiger partial charge in [-0.15, -0.1) is 0 Å². The summed E-state index contributed by atoms with van der Waals surface area (Å²) in [7, 11) is -3.47. The lowest BCUT2D eigenvalue weighted by molar-refractivity contribution is 0.101. The number of ketones is 1. The number of Topliss-reactive ketones (excluding diaryl/α,β-unsaturated/α-hetero) is 1. The van der Waals surface area contributed by atoms with E-state index in [1.54, 1.807) is 48.5 Å². The standard InChI is InChI=1S/C18H20BrNO4S/c1-14(21)15-4-8-17(9-5-15)24-13-3-2-12-20-25(22,23)18-10-6-16(19)7-11-18/h4-11,20H,2-3,12-13H2,1H3. The maximum Gasteiger partial charge on any atom is 0.240 e. The Labute approximate surface area is 156 Å². The minimum absolute atomic E-state index is 0.0182. The number of ether oxygens (including phenoxy) is 1. The van der Waals surface area contributed by atoms with Crippen molar-refractivity contribution in [3.05, 3.63) is 58.6 Å². The molecule has 0 saturated carbocycles. The Kier molecular flexibility index (Phi) is 7.16. The van der Waals surface area contributed by atoms with Crippen LogP contribution in [0.5, 0.6) is 5.75 Å². The quantitative estimate of drug-likeness (QED) is 0.489. The minimum Gasteiger partial charge on any atom is -0.494 e. The molecule has 0 fully saturated rings. The van der Waals surface area contributed by atoms with Crippen LogP contribution in [-0.4, -0.2) is 27.4 Å². The maximum absolute atomic E-state index is 12.1. The van der Waals surface area contributed by atoms with Gasteiger partial charge in [0.25, 0.3) is 0 Å². The number of hydrogen-bond donors (Lipinski definition) is 1. The Morgan fingerprint density at radius 3 is 2.28 bits per heavy atom. The minimum atomic E-state index is -3.47. The number of benzene rings is 2. The highest BCUT2D eigenvalue weighted by Gasteiger charge is 2.12. The predicted octanol–water partition coefficient (Wildman–Crippen LogP) is 3.79. The predicted molar refractivity (Wildman–Crippen MR) is 101 cm³/mol. The molecule has 0 aliphatic rings. The largest absolute Gasteiger partial charge is 0.494 e. The van der Waals surface area contributed by atoms with E-state index in [-0.39, 0.29) is 10.7 Å². The van der Waals surface area contributed by atoms with Crippen LogP contribution in [0.2, 0.25) is 0 Å². The second-order valence-electron chi connectivity index (χ2n) is 5.49. The van der Waals surface area contributed by atoms with Gasteiger partial charge in [0.1, 0.15) is 5.75 Å². The van der Waals surface area contributed by atoms with E-state index in [2.05, 4.69) is 20.7 Å². The number of nitrogens with one attached hydrogen (secondary N) is 1. The lowest BCUT2D eigenvalue weighted by Gasteiger charge is -2.08. The van der Waals surface area contributed by atoms with Crippen molar-refractivity contribution in [1.82, 2.24) is 4.72 Å². The van der Waals surface area contributed by atoms with Gasteiger partial charge in [-0.3, -0.25) is 4.79 Å². The molecule has 0 aliphatic carbocycles. The average Bonchev–Trinajstić information content (AvgIpc) is 2.58. The number of hydrogen-bond acceptors (Lipinski definition) is 4. The SMILES string of the molecule is CC(=O)c1ccc(OCCCCNS(=O)(=O)c2ccc(Br)cc2)cc1. The van der Waals surface area contributed by atoms with Crippen LogP contribution in [0, 0.1) is 0 Å². The summed E-state index contributed by atoms with van der Waals surface area (Å²) in [5.41, 5.74) is 0.648. The molecule has 0 heterocycles. The summed E-state index contributed by atoms with van der Waals surface area (Å²) in [5, 5.41) is 0. The highest BCUT2D eigenvalue weighted by atomic mass is 79.9. The molecular formula is C18H20BrNO4S. The van der Waals surface area contributed by atoms with E-state index in [1.807, 2.05) is 0 Å².